The molecule has 0 unspecified atom stereocenters. The molecule has 1 heterocycles. The first kappa shape index (κ1) is 15.4. The Kier molecular flexibility index (Phi) is 4.86. The molecule has 0 fully saturated rings. The predicted molar refractivity (Wildman–Crippen MR) is 88.5 cm³/mol. The lowest BCUT2D eigenvalue weighted by Gasteiger charge is -2.08. The van der Waals surface area contributed by atoms with Crippen LogP contribution in [0.2, 0.25) is 0 Å². The Morgan fingerprint density at radius 2 is 2.24 bits per heavy atom. The average molecular weight is 348 g/mol. The van der Waals surface area contributed by atoms with Gasteiger partial charge in [0.25, 0.3) is 0 Å². The molecule has 0 aliphatic rings. The predicted octanol–water partition coefficient (Wildman–Crippen LogP) is 3.61. The molecule has 6 heteroatoms. The van der Waals surface area contributed by atoms with Crippen molar-refractivity contribution in [1.82, 2.24) is 9.78 Å². The molecule has 0 saturated carbocycles. The van der Waals surface area contributed by atoms with E-state index in [4.69, 9.17) is 5.73 Å². The minimum absolute atomic E-state index is 0.363. The van der Waals surface area contributed by atoms with E-state index in [1.807, 2.05) is 25.1 Å². The number of halogens is 1. The number of nitriles is 1. The van der Waals surface area contributed by atoms with Gasteiger partial charge in [0.15, 0.2) is 5.82 Å². The highest BCUT2D eigenvalue weighted by atomic mass is 79.9. The largest absolute Gasteiger partial charge is 0.382 e. The smallest absolute Gasteiger partial charge is 0.168 e. The van der Waals surface area contributed by atoms with Crippen LogP contribution >= 0.6 is 15.9 Å². The number of hydrogen-bond acceptors (Lipinski definition) is 4. The van der Waals surface area contributed by atoms with Crippen molar-refractivity contribution in [3.05, 3.63) is 33.8 Å². The van der Waals surface area contributed by atoms with Gasteiger partial charge in [-0.1, -0.05) is 29.3 Å². The topological polar surface area (TPSA) is 79.7 Å². The Balaban J connectivity index is 2.43. The van der Waals surface area contributed by atoms with Crippen LogP contribution < -0.4 is 11.1 Å². The van der Waals surface area contributed by atoms with Crippen LogP contribution in [0.3, 0.4) is 0 Å². The van der Waals surface area contributed by atoms with Crippen LogP contribution in [0, 0.1) is 18.3 Å². The number of nitrogens with zero attached hydrogens (tertiary/aromatic N) is 3. The van der Waals surface area contributed by atoms with E-state index in [9.17, 15) is 5.26 Å². The van der Waals surface area contributed by atoms with Crippen molar-refractivity contribution in [3.8, 4) is 11.8 Å². The van der Waals surface area contributed by atoms with E-state index < -0.39 is 0 Å². The van der Waals surface area contributed by atoms with Gasteiger partial charge >= 0.3 is 0 Å². The van der Waals surface area contributed by atoms with E-state index in [0.717, 1.165) is 35.1 Å². The highest BCUT2D eigenvalue weighted by Gasteiger charge is 2.17. The number of hydrogen-bond donors (Lipinski definition) is 2. The van der Waals surface area contributed by atoms with Crippen molar-refractivity contribution in [2.75, 3.05) is 17.6 Å². The van der Waals surface area contributed by atoms with E-state index >= 15 is 0 Å². The molecule has 1 aromatic heterocycles. The SMILES string of the molecule is CCCCNc1nn(-c2ccc(Br)cc2C)c(N)c1C#N. The molecule has 0 bridgehead atoms. The number of nitrogen functional groups attached to an aromatic ring is 1. The lowest BCUT2D eigenvalue weighted by atomic mass is 10.2. The summed E-state index contributed by atoms with van der Waals surface area (Å²) in [5.41, 5.74) is 8.38. The maximum atomic E-state index is 9.30. The molecule has 2 aromatic rings. The van der Waals surface area contributed by atoms with Crippen molar-refractivity contribution < 1.29 is 0 Å². The summed E-state index contributed by atoms with van der Waals surface area (Å²) >= 11 is 3.44. The second-order valence-corrected chi connectivity index (χ2v) is 5.76. The highest BCUT2D eigenvalue weighted by Crippen LogP contribution is 2.27. The maximum absolute atomic E-state index is 9.30. The van der Waals surface area contributed by atoms with Gasteiger partial charge in [0.1, 0.15) is 17.5 Å². The van der Waals surface area contributed by atoms with Crippen molar-refractivity contribution in [2.24, 2.45) is 0 Å². The second kappa shape index (κ2) is 6.64. The van der Waals surface area contributed by atoms with Crippen LogP contribution in [0.1, 0.15) is 30.9 Å². The minimum Gasteiger partial charge on any atom is -0.382 e. The van der Waals surface area contributed by atoms with E-state index in [2.05, 4.69) is 39.3 Å². The average Bonchev–Trinajstić information content (AvgIpc) is 2.75. The van der Waals surface area contributed by atoms with E-state index in [1.54, 1.807) is 4.68 Å². The quantitative estimate of drug-likeness (QED) is 0.809. The summed E-state index contributed by atoms with van der Waals surface area (Å²) in [4.78, 5) is 0. The van der Waals surface area contributed by atoms with Gasteiger partial charge in [-0.2, -0.15) is 5.26 Å². The Bertz CT molecular complexity index is 684. The standard InChI is InChI=1S/C15H18BrN5/c1-3-4-7-19-15-12(9-17)14(18)21(20-15)13-6-5-11(16)8-10(13)2/h5-6,8H,3-4,7,18H2,1-2H3,(H,19,20). The number of unbranched alkanes of at least 4 members (excludes halogenated alkanes) is 1. The normalized spacial score (nSPS) is 10.4. The molecular formula is C15H18BrN5. The Labute approximate surface area is 132 Å². The number of nitrogens with two attached hydrogens (primary N) is 1. The summed E-state index contributed by atoms with van der Waals surface area (Å²) in [7, 11) is 0. The fraction of sp³-hybridized carbons (Fsp3) is 0.333. The zero-order chi connectivity index (χ0) is 15.4. The molecule has 0 aliphatic carbocycles. The summed E-state index contributed by atoms with van der Waals surface area (Å²) in [6.07, 6.45) is 2.10. The highest BCUT2D eigenvalue weighted by molar-refractivity contribution is 9.10. The lowest BCUT2D eigenvalue weighted by molar-refractivity contribution is 0.821. The Morgan fingerprint density at radius 1 is 1.48 bits per heavy atom. The summed E-state index contributed by atoms with van der Waals surface area (Å²) in [6, 6.07) is 7.98. The monoisotopic (exact) mass is 347 g/mol. The number of nitrogens with one attached hydrogen (secondary N) is 1. The van der Waals surface area contributed by atoms with Crippen LogP contribution in [0.25, 0.3) is 5.69 Å². The third kappa shape index (κ3) is 3.19. The summed E-state index contributed by atoms with van der Waals surface area (Å²) in [5, 5.41) is 16.9. The summed E-state index contributed by atoms with van der Waals surface area (Å²) < 4.78 is 2.62. The van der Waals surface area contributed by atoms with E-state index in [-0.39, 0.29) is 0 Å². The fourth-order valence-electron chi connectivity index (χ4n) is 2.09. The molecule has 0 spiro atoms. The molecule has 21 heavy (non-hydrogen) atoms. The third-order valence-corrected chi connectivity index (χ3v) is 3.74. The summed E-state index contributed by atoms with van der Waals surface area (Å²) in [6.45, 7) is 4.88. The summed E-state index contributed by atoms with van der Waals surface area (Å²) in [5.74, 6) is 0.910. The van der Waals surface area contributed by atoms with Gasteiger partial charge < -0.3 is 11.1 Å². The van der Waals surface area contributed by atoms with Crippen molar-refractivity contribution in [3.63, 3.8) is 0 Å². The molecule has 1 aromatic carbocycles. The molecule has 0 aliphatic heterocycles. The maximum Gasteiger partial charge on any atom is 0.168 e. The lowest BCUT2D eigenvalue weighted by Crippen LogP contribution is -2.05. The fourth-order valence-corrected chi connectivity index (χ4v) is 2.56. The minimum atomic E-state index is 0.363. The van der Waals surface area contributed by atoms with Crippen molar-refractivity contribution >= 4 is 27.6 Å². The zero-order valence-electron chi connectivity index (χ0n) is 12.2. The van der Waals surface area contributed by atoms with Crippen molar-refractivity contribution in [2.45, 2.75) is 26.7 Å². The van der Waals surface area contributed by atoms with Crippen LogP contribution in [-0.2, 0) is 0 Å². The first-order chi connectivity index (χ1) is 10.1. The van der Waals surface area contributed by atoms with Crippen LogP contribution in [-0.4, -0.2) is 16.3 Å². The van der Waals surface area contributed by atoms with Gasteiger partial charge in [0, 0.05) is 11.0 Å². The molecule has 0 amide bonds. The van der Waals surface area contributed by atoms with E-state index in [0.29, 0.717) is 17.2 Å². The van der Waals surface area contributed by atoms with Gasteiger partial charge in [0.05, 0.1) is 5.69 Å². The van der Waals surface area contributed by atoms with Crippen molar-refractivity contribution in [1.29, 1.82) is 5.26 Å². The van der Waals surface area contributed by atoms with Crippen LogP contribution in [0.5, 0.6) is 0 Å². The van der Waals surface area contributed by atoms with E-state index in [1.165, 1.54) is 0 Å². The third-order valence-electron chi connectivity index (χ3n) is 3.24. The molecular weight excluding hydrogens is 330 g/mol. The first-order valence-corrected chi connectivity index (χ1v) is 7.66. The molecule has 0 atom stereocenters. The number of aromatic nitrogens is 2. The molecule has 0 saturated heterocycles. The Hall–Kier alpha value is -2.00. The number of aryl methyl sites for hydroxylation is 1. The van der Waals surface area contributed by atoms with Gasteiger partial charge in [-0.3, -0.25) is 0 Å². The van der Waals surface area contributed by atoms with Crippen LogP contribution in [0.4, 0.5) is 11.6 Å². The molecule has 5 nitrogen and oxygen atoms in total. The molecule has 0 radical (unpaired) electrons. The zero-order valence-corrected chi connectivity index (χ0v) is 13.7. The number of anilines is 2. The van der Waals surface area contributed by atoms with Gasteiger partial charge in [-0.05, 0) is 37.1 Å². The number of rotatable bonds is 5. The van der Waals surface area contributed by atoms with Crippen LogP contribution in [0.15, 0.2) is 22.7 Å². The van der Waals surface area contributed by atoms with Gasteiger partial charge in [0.2, 0.25) is 0 Å². The second-order valence-electron chi connectivity index (χ2n) is 4.84. The number of benzene rings is 1. The Morgan fingerprint density at radius 3 is 2.86 bits per heavy atom. The van der Waals surface area contributed by atoms with Gasteiger partial charge in [-0.15, -0.1) is 5.10 Å². The molecule has 3 N–H and O–H groups in total. The molecule has 110 valence electrons. The first-order valence-electron chi connectivity index (χ1n) is 6.87. The van der Waals surface area contributed by atoms with Gasteiger partial charge in [-0.25, -0.2) is 4.68 Å². The molecule has 2 rings (SSSR count).